The molecule has 0 saturated carbocycles. The number of hydrogen-bond donors (Lipinski definition) is 1. The first kappa shape index (κ1) is 31.6. The summed E-state index contributed by atoms with van der Waals surface area (Å²) in [6.45, 7) is 13.2. The Bertz CT molecular complexity index is 1190. The number of hydrogen-bond acceptors (Lipinski definition) is 8. The van der Waals surface area contributed by atoms with E-state index < -0.39 is 42.0 Å². The Hall–Kier alpha value is -2.95. The predicted molar refractivity (Wildman–Crippen MR) is 153 cm³/mol. The fourth-order valence-corrected chi connectivity index (χ4v) is 4.28. The van der Waals surface area contributed by atoms with Gasteiger partial charge < -0.3 is 33.6 Å². The van der Waals surface area contributed by atoms with Gasteiger partial charge in [-0.05, 0) is 83.9 Å². The lowest BCUT2D eigenvalue weighted by molar-refractivity contribution is -0.143. The number of amides is 1. The number of halogens is 1. The third-order valence-corrected chi connectivity index (χ3v) is 7.03. The van der Waals surface area contributed by atoms with Crippen molar-refractivity contribution in [2.75, 3.05) is 14.2 Å². The zero-order valence-electron chi connectivity index (χ0n) is 24.7. The molecule has 1 atom stereocenters. The number of benzene rings is 2. The Morgan fingerprint density at radius 2 is 1.62 bits per heavy atom. The number of methoxy groups -OCH3 is 2. The number of nitrogens with one attached hydrogen (secondary N) is 1. The van der Waals surface area contributed by atoms with Crippen LogP contribution in [0.2, 0.25) is 5.02 Å². The molecule has 1 saturated heterocycles. The Morgan fingerprint density at radius 1 is 1.02 bits per heavy atom. The summed E-state index contributed by atoms with van der Waals surface area (Å²) in [6.07, 6.45) is -0.742. The van der Waals surface area contributed by atoms with Crippen molar-refractivity contribution in [3.8, 4) is 11.5 Å². The Balaban J connectivity index is 2.02. The molecule has 1 amide bonds. The van der Waals surface area contributed by atoms with E-state index in [2.05, 4.69) is 5.32 Å². The molecule has 0 unspecified atom stereocenters. The second kappa shape index (κ2) is 12.3. The maximum absolute atomic E-state index is 12.7. The molecule has 3 rings (SSSR count). The second-order valence-electron chi connectivity index (χ2n) is 11.6. The number of rotatable bonds is 9. The van der Waals surface area contributed by atoms with E-state index in [1.807, 2.05) is 52.0 Å². The molecule has 11 heteroatoms. The van der Waals surface area contributed by atoms with Gasteiger partial charge in [0.1, 0.15) is 29.7 Å². The summed E-state index contributed by atoms with van der Waals surface area (Å²) in [5, 5.41) is 3.00. The van der Waals surface area contributed by atoms with E-state index >= 15 is 0 Å². The maximum atomic E-state index is 12.7. The Kier molecular flexibility index (Phi) is 9.70. The van der Waals surface area contributed by atoms with E-state index in [-0.39, 0.29) is 13.0 Å². The summed E-state index contributed by atoms with van der Waals surface area (Å²) in [4.78, 5) is 25.3. The van der Waals surface area contributed by atoms with Gasteiger partial charge in [-0.15, -0.1) is 0 Å². The van der Waals surface area contributed by atoms with Crippen LogP contribution in [0.1, 0.15) is 59.6 Å². The summed E-state index contributed by atoms with van der Waals surface area (Å²) in [7, 11) is 2.07. The minimum Gasteiger partial charge on any atom is -0.497 e. The van der Waals surface area contributed by atoms with Gasteiger partial charge in [-0.1, -0.05) is 23.7 Å². The van der Waals surface area contributed by atoms with Crippen LogP contribution >= 0.6 is 11.6 Å². The van der Waals surface area contributed by atoms with Crippen molar-refractivity contribution in [3.63, 3.8) is 0 Å². The van der Waals surface area contributed by atoms with E-state index in [1.54, 1.807) is 40.0 Å². The van der Waals surface area contributed by atoms with Gasteiger partial charge in [0, 0.05) is 16.9 Å². The van der Waals surface area contributed by atoms with E-state index in [1.165, 1.54) is 7.11 Å². The highest BCUT2D eigenvalue weighted by Gasteiger charge is 2.52. The fraction of sp³-hybridized carbons (Fsp3) is 0.517. The van der Waals surface area contributed by atoms with Crippen LogP contribution in [0, 0.1) is 0 Å². The molecule has 0 aliphatic carbocycles. The van der Waals surface area contributed by atoms with Crippen molar-refractivity contribution in [2.45, 2.75) is 84.3 Å². The molecule has 1 N–H and O–H groups in total. The average molecular weight is 576 g/mol. The standard InChI is InChI=1S/C29H39BClNO8/c1-27(2,3)38-26(34)32-23(25(33)36-9)15-19-14-20(31)16-22(30-39-28(4,5)29(6,7)40-30)24(19)37-17-18-10-12-21(35-8)13-11-18/h10-14,16,23H,15,17H2,1-9H3,(H,32,34)/t23-/m0/s1. The van der Waals surface area contributed by atoms with Gasteiger partial charge in [-0.3, -0.25) is 0 Å². The minimum atomic E-state index is -1.08. The third kappa shape index (κ3) is 7.83. The minimum absolute atomic E-state index is 0.0108. The number of esters is 1. The molecule has 40 heavy (non-hydrogen) atoms. The highest BCUT2D eigenvalue weighted by Crippen LogP contribution is 2.38. The molecule has 0 bridgehead atoms. The van der Waals surface area contributed by atoms with Crippen LogP contribution in [0.5, 0.6) is 11.5 Å². The van der Waals surface area contributed by atoms with E-state index in [9.17, 15) is 9.59 Å². The lowest BCUT2D eigenvalue weighted by atomic mass is 9.77. The highest BCUT2D eigenvalue weighted by atomic mass is 35.5. The van der Waals surface area contributed by atoms with Crippen LogP contribution in [0.25, 0.3) is 0 Å². The van der Waals surface area contributed by atoms with Crippen LogP contribution in [-0.2, 0) is 36.6 Å². The molecule has 1 aliphatic heterocycles. The maximum Gasteiger partial charge on any atom is 0.498 e. The van der Waals surface area contributed by atoms with Crippen molar-refractivity contribution in [1.29, 1.82) is 0 Å². The zero-order chi connectivity index (χ0) is 29.9. The van der Waals surface area contributed by atoms with E-state index in [0.29, 0.717) is 21.8 Å². The number of alkyl carbamates (subject to hydrolysis) is 1. The van der Waals surface area contributed by atoms with Crippen molar-refractivity contribution >= 4 is 36.2 Å². The average Bonchev–Trinajstić information content (AvgIpc) is 3.07. The summed E-state index contributed by atoms with van der Waals surface area (Å²) in [6, 6.07) is 9.81. The van der Waals surface area contributed by atoms with Crippen LogP contribution in [0.15, 0.2) is 36.4 Å². The van der Waals surface area contributed by atoms with Gasteiger partial charge in [-0.2, -0.15) is 0 Å². The lowest BCUT2D eigenvalue weighted by Gasteiger charge is -2.32. The first-order valence-corrected chi connectivity index (χ1v) is 13.4. The summed E-state index contributed by atoms with van der Waals surface area (Å²) >= 11 is 6.57. The lowest BCUT2D eigenvalue weighted by Crippen LogP contribution is -2.45. The summed E-state index contributed by atoms with van der Waals surface area (Å²) in [5.41, 5.74) is 0.0309. The number of carbonyl (C=O) groups is 2. The number of ether oxygens (including phenoxy) is 4. The van der Waals surface area contributed by atoms with Crippen LogP contribution < -0.4 is 20.3 Å². The molecule has 2 aromatic carbocycles. The summed E-state index contributed by atoms with van der Waals surface area (Å²) in [5.74, 6) is 0.505. The number of carbonyl (C=O) groups excluding carboxylic acids is 2. The van der Waals surface area contributed by atoms with Crippen LogP contribution in [0.4, 0.5) is 4.79 Å². The second-order valence-corrected chi connectivity index (χ2v) is 12.1. The van der Waals surface area contributed by atoms with Crippen molar-refractivity contribution in [2.24, 2.45) is 0 Å². The topological polar surface area (TPSA) is 102 Å². The molecule has 1 heterocycles. The molecule has 218 valence electrons. The van der Waals surface area contributed by atoms with Gasteiger partial charge in [0.15, 0.2) is 0 Å². The quantitative estimate of drug-likeness (QED) is 0.335. The Morgan fingerprint density at radius 3 is 2.15 bits per heavy atom. The SMILES string of the molecule is COC(=O)[C@H](Cc1cc(Cl)cc(B2OC(C)(C)C(C)(C)O2)c1OCc1ccc(OC)cc1)NC(=O)OC(C)(C)C. The largest absolute Gasteiger partial charge is 0.498 e. The van der Waals surface area contributed by atoms with Gasteiger partial charge >= 0.3 is 19.2 Å². The molecular weight excluding hydrogens is 537 g/mol. The van der Waals surface area contributed by atoms with Gasteiger partial charge in [0.25, 0.3) is 0 Å². The normalized spacial score (nSPS) is 16.7. The first-order valence-electron chi connectivity index (χ1n) is 13.1. The molecule has 0 radical (unpaired) electrons. The fourth-order valence-electron chi connectivity index (χ4n) is 4.03. The molecule has 0 spiro atoms. The predicted octanol–water partition coefficient (Wildman–Crippen LogP) is 4.84. The van der Waals surface area contributed by atoms with E-state index in [0.717, 1.165) is 11.3 Å². The third-order valence-electron chi connectivity index (χ3n) is 6.81. The van der Waals surface area contributed by atoms with Crippen LogP contribution in [0.3, 0.4) is 0 Å². The zero-order valence-corrected chi connectivity index (χ0v) is 25.4. The summed E-state index contributed by atoms with van der Waals surface area (Å²) < 4.78 is 34.6. The van der Waals surface area contributed by atoms with Crippen molar-refractivity contribution < 1.29 is 37.8 Å². The molecular formula is C29H39BClNO8. The monoisotopic (exact) mass is 575 g/mol. The molecule has 9 nitrogen and oxygen atoms in total. The smallest absolute Gasteiger partial charge is 0.497 e. The molecule has 1 fully saturated rings. The highest BCUT2D eigenvalue weighted by molar-refractivity contribution is 6.63. The van der Waals surface area contributed by atoms with Crippen LogP contribution in [-0.4, -0.2) is 56.2 Å². The van der Waals surface area contributed by atoms with Gasteiger partial charge in [-0.25, -0.2) is 9.59 Å². The Labute approximate surface area is 241 Å². The van der Waals surface area contributed by atoms with E-state index in [4.69, 9.17) is 39.9 Å². The molecule has 1 aliphatic rings. The van der Waals surface area contributed by atoms with Crippen molar-refractivity contribution in [1.82, 2.24) is 5.32 Å². The first-order chi connectivity index (χ1) is 18.5. The molecule has 2 aromatic rings. The van der Waals surface area contributed by atoms with Gasteiger partial charge in [0.05, 0.1) is 25.4 Å². The molecule has 0 aromatic heterocycles. The van der Waals surface area contributed by atoms with Gasteiger partial charge in [0.2, 0.25) is 0 Å². The van der Waals surface area contributed by atoms with Crippen molar-refractivity contribution in [3.05, 3.63) is 52.5 Å².